The Balaban J connectivity index is 1.72. The van der Waals surface area contributed by atoms with Crippen LogP contribution in [0.4, 0.5) is 0 Å². The highest BCUT2D eigenvalue weighted by molar-refractivity contribution is 7.90. The van der Waals surface area contributed by atoms with Crippen LogP contribution in [-0.4, -0.2) is 47.8 Å². The van der Waals surface area contributed by atoms with Crippen LogP contribution in [0, 0.1) is 0 Å². The number of nitrogens with one attached hydrogen (secondary N) is 1. The average molecular weight is 306 g/mol. The van der Waals surface area contributed by atoms with Crippen LogP contribution in [0.25, 0.3) is 0 Å². The highest BCUT2D eigenvalue weighted by Gasteiger charge is 2.29. The fourth-order valence-corrected chi connectivity index (χ4v) is 3.69. The van der Waals surface area contributed by atoms with Gasteiger partial charge in [-0.05, 0) is 24.6 Å². The first-order chi connectivity index (χ1) is 10.0. The minimum absolute atomic E-state index is 0.189. The average Bonchev–Trinajstić information content (AvgIpc) is 3.07. The molecule has 0 aromatic carbocycles. The van der Waals surface area contributed by atoms with E-state index in [1.165, 1.54) is 18.0 Å². The summed E-state index contributed by atoms with van der Waals surface area (Å²) in [5.41, 5.74) is 1.91. The van der Waals surface area contributed by atoms with Crippen LogP contribution in [0.5, 0.6) is 0 Å². The van der Waals surface area contributed by atoms with Gasteiger partial charge >= 0.3 is 0 Å². The van der Waals surface area contributed by atoms with E-state index >= 15 is 0 Å². The van der Waals surface area contributed by atoms with Gasteiger partial charge in [0.05, 0.1) is 11.9 Å². The second-order valence-corrected chi connectivity index (χ2v) is 7.49. The zero-order valence-corrected chi connectivity index (χ0v) is 12.7. The molecule has 0 aliphatic carbocycles. The van der Waals surface area contributed by atoms with E-state index in [1.54, 1.807) is 6.20 Å². The van der Waals surface area contributed by atoms with Gasteiger partial charge in [0, 0.05) is 37.7 Å². The lowest BCUT2D eigenvalue weighted by Crippen LogP contribution is -2.20. The van der Waals surface area contributed by atoms with Crippen LogP contribution in [0.2, 0.25) is 0 Å². The first-order valence-electron chi connectivity index (χ1n) is 6.88. The summed E-state index contributed by atoms with van der Waals surface area (Å²) < 4.78 is 23.5. The number of sulfone groups is 1. The molecule has 1 fully saturated rings. The Morgan fingerprint density at radius 1 is 1.43 bits per heavy atom. The molecule has 2 aromatic heterocycles. The molecule has 3 heterocycles. The molecule has 1 N–H and O–H groups in total. The third-order valence-corrected chi connectivity index (χ3v) is 4.97. The largest absolute Gasteiger partial charge is 0.298 e. The number of hydrogen-bond donors (Lipinski definition) is 1. The van der Waals surface area contributed by atoms with Gasteiger partial charge in [-0.1, -0.05) is 6.07 Å². The molecule has 0 saturated carbocycles. The van der Waals surface area contributed by atoms with Gasteiger partial charge in [0.1, 0.15) is 4.90 Å². The molecule has 0 bridgehead atoms. The number of aromatic amines is 1. The van der Waals surface area contributed by atoms with Gasteiger partial charge in [0.25, 0.3) is 0 Å². The van der Waals surface area contributed by atoms with Crippen molar-refractivity contribution in [3.8, 4) is 0 Å². The first kappa shape index (κ1) is 14.2. The predicted octanol–water partition coefficient (Wildman–Crippen LogP) is 1.20. The van der Waals surface area contributed by atoms with Gasteiger partial charge in [-0.25, -0.2) is 8.42 Å². The van der Waals surface area contributed by atoms with Crippen molar-refractivity contribution in [2.24, 2.45) is 0 Å². The van der Waals surface area contributed by atoms with Crippen molar-refractivity contribution in [2.45, 2.75) is 23.8 Å². The first-order valence-corrected chi connectivity index (χ1v) is 8.78. The quantitative estimate of drug-likeness (QED) is 0.918. The number of nitrogens with zero attached hydrogens (tertiary/aromatic N) is 3. The number of likely N-dealkylation sites (tertiary alicyclic amines) is 1. The summed E-state index contributed by atoms with van der Waals surface area (Å²) in [6.45, 7) is 2.62. The number of rotatable bonds is 4. The Bertz CT molecular complexity index is 712. The van der Waals surface area contributed by atoms with Crippen LogP contribution in [0.15, 0.2) is 35.6 Å². The van der Waals surface area contributed by atoms with Crippen molar-refractivity contribution < 1.29 is 8.42 Å². The van der Waals surface area contributed by atoms with Gasteiger partial charge < -0.3 is 0 Å². The summed E-state index contributed by atoms with van der Waals surface area (Å²) in [5.74, 6) is 0.189. The summed E-state index contributed by atoms with van der Waals surface area (Å²) >= 11 is 0. The highest BCUT2D eigenvalue weighted by Crippen LogP contribution is 2.30. The minimum Gasteiger partial charge on any atom is -0.298 e. The molecule has 1 atom stereocenters. The van der Waals surface area contributed by atoms with E-state index < -0.39 is 9.84 Å². The molecule has 1 aliphatic rings. The van der Waals surface area contributed by atoms with Crippen LogP contribution in [0.1, 0.15) is 23.6 Å². The fourth-order valence-electron chi connectivity index (χ4n) is 2.83. The lowest BCUT2D eigenvalue weighted by Gasteiger charge is -2.15. The maximum atomic E-state index is 11.8. The summed E-state index contributed by atoms with van der Waals surface area (Å²) in [4.78, 5) is 6.76. The van der Waals surface area contributed by atoms with E-state index in [1.807, 2.05) is 12.3 Å². The monoisotopic (exact) mass is 306 g/mol. The van der Waals surface area contributed by atoms with Crippen LogP contribution < -0.4 is 0 Å². The Hall–Kier alpha value is -1.73. The van der Waals surface area contributed by atoms with Crippen molar-refractivity contribution in [1.82, 2.24) is 20.1 Å². The Labute approximate surface area is 124 Å². The number of pyridine rings is 1. The molecule has 0 radical (unpaired) electrons. The molecule has 6 nitrogen and oxygen atoms in total. The molecule has 2 aromatic rings. The maximum absolute atomic E-state index is 11.8. The minimum atomic E-state index is -3.23. The van der Waals surface area contributed by atoms with Gasteiger partial charge in [-0.15, -0.1) is 0 Å². The van der Waals surface area contributed by atoms with E-state index in [9.17, 15) is 8.42 Å². The highest BCUT2D eigenvalue weighted by atomic mass is 32.2. The molecular weight excluding hydrogens is 288 g/mol. The van der Waals surface area contributed by atoms with Crippen LogP contribution in [0.3, 0.4) is 0 Å². The molecule has 0 spiro atoms. The number of H-pyrrole nitrogens is 1. The van der Waals surface area contributed by atoms with Crippen molar-refractivity contribution in [1.29, 1.82) is 0 Å². The Morgan fingerprint density at radius 3 is 3.00 bits per heavy atom. The SMILES string of the molecule is CS(=O)(=O)c1cn[nH]c1C1CCN(Cc2cccnc2)C1. The smallest absolute Gasteiger partial charge is 0.178 e. The zero-order chi connectivity index (χ0) is 14.9. The molecule has 3 rings (SSSR count). The fraction of sp³-hybridized carbons (Fsp3) is 0.429. The van der Waals surface area contributed by atoms with Gasteiger partial charge in [0.2, 0.25) is 0 Å². The van der Waals surface area contributed by atoms with Crippen molar-refractivity contribution in [3.05, 3.63) is 42.0 Å². The molecule has 7 heteroatoms. The second kappa shape index (κ2) is 5.57. The summed E-state index contributed by atoms with van der Waals surface area (Å²) in [6.07, 6.45) is 7.20. The van der Waals surface area contributed by atoms with Crippen LogP contribution in [-0.2, 0) is 16.4 Å². The van der Waals surface area contributed by atoms with E-state index in [4.69, 9.17) is 0 Å². The van der Waals surface area contributed by atoms with Crippen molar-refractivity contribution in [2.75, 3.05) is 19.3 Å². The van der Waals surface area contributed by atoms with Gasteiger partial charge in [0.15, 0.2) is 9.84 Å². The van der Waals surface area contributed by atoms with E-state index in [2.05, 4.69) is 26.1 Å². The molecule has 1 aliphatic heterocycles. The predicted molar refractivity (Wildman–Crippen MR) is 78.6 cm³/mol. The van der Waals surface area contributed by atoms with Crippen molar-refractivity contribution >= 4 is 9.84 Å². The van der Waals surface area contributed by atoms with Crippen LogP contribution >= 0.6 is 0 Å². The molecule has 21 heavy (non-hydrogen) atoms. The third-order valence-electron chi connectivity index (χ3n) is 3.84. The number of aromatic nitrogens is 3. The van der Waals surface area contributed by atoms with Gasteiger partial charge in [-0.2, -0.15) is 5.10 Å². The summed E-state index contributed by atoms with van der Waals surface area (Å²) in [7, 11) is -3.23. The van der Waals surface area contributed by atoms with E-state index in [0.29, 0.717) is 4.90 Å². The maximum Gasteiger partial charge on any atom is 0.178 e. The summed E-state index contributed by atoms with van der Waals surface area (Å²) in [5, 5.41) is 6.78. The third kappa shape index (κ3) is 3.14. The van der Waals surface area contributed by atoms with E-state index in [-0.39, 0.29) is 5.92 Å². The lowest BCUT2D eigenvalue weighted by molar-refractivity contribution is 0.325. The number of hydrogen-bond acceptors (Lipinski definition) is 5. The Morgan fingerprint density at radius 2 is 2.29 bits per heavy atom. The van der Waals surface area contributed by atoms with E-state index in [0.717, 1.165) is 31.7 Å². The molecule has 1 unspecified atom stereocenters. The normalized spacial score (nSPS) is 20.0. The standard InChI is InChI=1S/C14H18N4O2S/c1-21(19,20)13-8-16-17-14(13)12-4-6-18(10-12)9-11-3-2-5-15-7-11/h2-3,5,7-8,12H,4,6,9-10H2,1H3,(H,16,17). The lowest BCUT2D eigenvalue weighted by atomic mass is 10.1. The molecule has 0 amide bonds. The van der Waals surface area contributed by atoms with Crippen molar-refractivity contribution in [3.63, 3.8) is 0 Å². The summed E-state index contributed by atoms with van der Waals surface area (Å²) in [6, 6.07) is 3.98. The second-order valence-electron chi connectivity index (χ2n) is 5.50. The topological polar surface area (TPSA) is 79.0 Å². The Kier molecular flexibility index (Phi) is 3.77. The zero-order valence-electron chi connectivity index (χ0n) is 11.9. The molecular formula is C14H18N4O2S. The molecule has 112 valence electrons. The molecule has 1 saturated heterocycles. The van der Waals surface area contributed by atoms with Gasteiger partial charge in [-0.3, -0.25) is 15.0 Å².